The predicted molar refractivity (Wildman–Crippen MR) is 89.9 cm³/mol. The Labute approximate surface area is 137 Å². The van der Waals surface area contributed by atoms with E-state index in [1.54, 1.807) is 14.2 Å². The van der Waals surface area contributed by atoms with Crippen LogP contribution in [-0.4, -0.2) is 69.7 Å². The summed E-state index contributed by atoms with van der Waals surface area (Å²) in [7, 11) is 3.35. The Hall–Kier alpha value is -1.64. The number of nitrogens with zero attached hydrogens (tertiary/aromatic N) is 3. The quantitative estimate of drug-likeness (QED) is 0.651. The van der Waals surface area contributed by atoms with E-state index in [9.17, 15) is 0 Å². The Balaban J connectivity index is 2.04. The van der Waals surface area contributed by atoms with Gasteiger partial charge in [0.1, 0.15) is 12.0 Å². The van der Waals surface area contributed by atoms with Crippen LogP contribution in [0.15, 0.2) is 6.33 Å². The van der Waals surface area contributed by atoms with E-state index < -0.39 is 0 Å². The zero-order valence-corrected chi connectivity index (χ0v) is 14.0. The van der Waals surface area contributed by atoms with Crippen LogP contribution in [0.2, 0.25) is 0 Å². The number of nitrogens with two attached hydrogens (primary N) is 1. The van der Waals surface area contributed by atoms with E-state index in [2.05, 4.69) is 15.3 Å². The second-order valence-corrected chi connectivity index (χ2v) is 5.45. The zero-order valence-electron chi connectivity index (χ0n) is 14.0. The number of rotatable bonds is 10. The standard InChI is InChI=1S/C15H27N5O3/c1-21-8-5-20(6-9-22-2)15-13(16)14(18-11-19-15)17-10-12-4-3-7-23-12/h11-12H,3-10,16H2,1-2H3,(H,17,18,19). The third-order valence-corrected chi connectivity index (χ3v) is 3.81. The van der Waals surface area contributed by atoms with Crippen LogP contribution in [0.1, 0.15) is 12.8 Å². The molecule has 23 heavy (non-hydrogen) atoms. The number of nitrogens with one attached hydrogen (secondary N) is 1. The fraction of sp³-hybridized carbons (Fsp3) is 0.733. The maximum Gasteiger partial charge on any atom is 0.157 e. The van der Waals surface area contributed by atoms with Crippen molar-refractivity contribution < 1.29 is 14.2 Å². The predicted octanol–water partition coefficient (Wildman–Crippen LogP) is 0.749. The highest BCUT2D eigenvalue weighted by Gasteiger charge is 2.18. The molecule has 1 saturated heterocycles. The molecule has 1 fully saturated rings. The zero-order chi connectivity index (χ0) is 16.5. The number of hydrogen-bond donors (Lipinski definition) is 2. The number of hydrogen-bond acceptors (Lipinski definition) is 8. The molecule has 1 aliphatic heterocycles. The molecule has 0 aliphatic carbocycles. The number of nitrogen functional groups attached to an aromatic ring is 1. The first-order valence-corrected chi connectivity index (χ1v) is 7.95. The van der Waals surface area contributed by atoms with E-state index in [-0.39, 0.29) is 6.10 Å². The minimum absolute atomic E-state index is 0.228. The Morgan fingerprint density at radius 2 is 2.04 bits per heavy atom. The van der Waals surface area contributed by atoms with Gasteiger partial charge in [-0.2, -0.15) is 0 Å². The monoisotopic (exact) mass is 325 g/mol. The van der Waals surface area contributed by atoms with Crippen LogP contribution in [0, 0.1) is 0 Å². The summed E-state index contributed by atoms with van der Waals surface area (Å²) in [6, 6.07) is 0. The molecule has 2 heterocycles. The Morgan fingerprint density at radius 3 is 2.65 bits per heavy atom. The van der Waals surface area contributed by atoms with Crippen LogP contribution >= 0.6 is 0 Å². The summed E-state index contributed by atoms with van der Waals surface area (Å²) >= 11 is 0. The third-order valence-electron chi connectivity index (χ3n) is 3.81. The van der Waals surface area contributed by atoms with Crippen molar-refractivity contribution in [3.05, 3.63) is 6.33 Å². The fourth-order valence-electron chi connectivity index (χ4n) is 2.52. The molecule has 1 aromatic rings. The van der Waals surface area contributed by atoms with Gasteiger partial charge in [0.2, 0.25) is 0 Å². The molecular weight excluding hydrogens is 298 g/mol. The smallest absolute Gasteiger partial charge is 0.157 e. The molecule has 130 valence electrons. The van der Waals surface area contributed by atoms with E-state index in [0.29, 0.717) is 50.2 Å². The number of methoxy groups -OCH3 is 2. The maximum absolute atomic E-state index is 6.26. The Morgan fingerprint density at radius 1 is 1.30 bits per heavy atom. The van der Waals surface area contributed by atoms with Crippen molar-refractivity contribution in [1.82, 2.24) is 9.97 Å². The van der Waals surface area contributed by atoms with Crippen molar-refractivity contribution in [3.8, 4) is 0 Å². The third kappa shape index (κ3) is 5.19. The lowest BCUT2D eigenvalue weighted by Crippen LogP contribution is -2.32. The second-order valence-electron chi connectivity index (χ2n) is 5.45. The second kappa shape index (κ2) is 9.49. The van der Waals surface area contributed by atoms with Crippen molar-refractivity contribution in [1.29, 1.82) is 0 Å². The number of ether oxygens (including phenoxy) is 3. The van der Waals surface area contributed by atoms with E-state index in [4.69, 9.17) is 19.9 Å². The molecule has 1 aliphatic rings. The highest BCUT2D eigenvalue weighted by Crippen LogP contribution is 2.26. The highest BCUT2D eigenvalue weighted by molar-refractivity contribution is 5.74. The summed E-state index contributed by atoms with van der Waals surface area (Å²) in [5, 5.41) is 3.27. The van der Waals surface area contributed by atoms with E-state index in [0.717, 1.165) is 19.4 Å². The van der Waals surface area contributed by atoms with Crippen molar-refractivity contribution in [2.24, 2.45) is 0 Å². The fourth-order valence-corrected chi connectivity index (χ4v) is 2.52. The van der Waals surface area contributed by atoms with Gasteiger partial charge >= 0.3 is 0 Å². The molecule has 0 bridgehead atoms. The first-order valence-electron chi connectivity index (χ1n) is 7.95. The van der Waals surface area contributed by atoms with Crippen molar-refractivity contribution in [3.63, 3.8) is 0 Å². The lowest BCUT2D eigenvalue weighted by Gasteiger charge is -2.25. The van der Waals surface area contributed by atoms with Gasteiger partial charge in [-0.15, -0.1) is 0 Å². The Kier molecular flexibility index (Phi) is 7.31. The molecule has 0 radical (unpaired) electrons. The normalized spacial score (nSPS) is 17.4. The van der Waals surface area contributed by atoms with Gasteiger partial charge in [-0.05, 0) is 12.8 Å². The van der Waals surface area contributed by atoms with Gasteiger partial charge in [0.15, 0.2) is 11.6 Å². The largest absolute Gasteiger partial charge is 0.393 e. The van der Waals surface area contributed by atoms with Crippen LogP contribution in [0.3, 0.4) is 0 Å². The molecule has 2 rings (SSSR count). The van der Waals surface area contributed by atoms with Gasteiger partial charge in [-0.1, -0.05) is 0 Å². The van der Waals surface area contributed by atoms with Crippen LogP contribution < -0.4 is 16.0 Å². The SMILES string of the molecule is COCCN(CCOC)c1ncnc(NCC2CCCO2)c1N. The van der Waals surface area contributed by atoms with Crippen molar-refractivity contribution in [2.75, 3.05) is 69.6 Å². The minimum atomic E-state index is 0.228. The van der Waals surface area contributed by atoms with E-state index >= 15 is 0 Å². The van der Waals surface area contributed by atoms with Gasteiger partial charge in [0.05, 0.1) is 19.3 Å². The van der Waals surface area contributed by atoms with Gasteiger partial charge < -0.3 is 30.2 Å². The minimum Gasteiger partial charge on any atom is -0.393 e. The van der Waals surface area contributed by atoms with Crippen LogP contribution in [0.4, 0.5) is 17.3 Å². The first kappa shape index (κ1) is 17.7. The summed E-state index contributed by atoms with van der Waals surface area (Å²) < 4.78 is 15.9. The molecule has 0 aromatic carbocycles. The molecule has 8 nitrogen and oxygen atoms in total. The molecule has 1 unspecified atom stereocenters. The molecule has 3 N–H and O–H groups in total. The molecule has 1 atom stereocenters. The average Bonchev–Trinajstić information content (AvgIpc) is 3.08. The number of anilines is 3. The summed E-state index contributed by atoms with van der Waals surface area (Å²) in [6.07, 6.45) is 3.93. The van der Waals surface area contributed by atoms with Gasteiger partial charge in [-0.25, -0.2) is 9.97 Å². The van der Waals surface area contributed by atoms with Crippen molar-refractivity contribution in [2.45, 2.75) is 18.9 Å². The molecule has 0 amide bonds. The lowest BCUT2D eigenvalue weighted by atomic mass is 10.2. The van der Waals surface area contributed by atoms with Crippen molar-refractivity contribution >= 4 is 17.3 Å². The molecular formula is C15H27N5O3. The summed E-state index contributed by atoms with van der Waals surface area (Å²) in [5.74, 6) is 1.34. The number of aromatic nitrogens is 2. The Bertz CT molecular complexity index is 460. The maximum atomic E-state index is 6.26. The summed E-state index contributed by atoms with van der Waals surface area (Å²) in [6.45, 7) is 4.09. The van der Waals surface area contributed by atoms with Crippen LogP contribution in [0.25, 0.3) is 0 Å². The molecule has 0 spiro atoms. The molecule has 0 saturated carbocycles. The van der Waals surface area contributed by atoms with Gasteiger partial charge in [0.25, 0.3) is 0 Å². The molecule has 1 aromatic heterocycles. The summed E-state index contributed by atoms with van der Waals surface area (Å²) in [4.78, 5) is 10.6. The highest BCUT2D eigenvalue weighted by atomic mass is 16.5. The van der Waals surface area contributed by atoms with Gasteiger partial charge in [0, 0.05) is 40.5 Å². The van der Waals surface area contributed by atoms with E-state index in [1.165, 1.54) is 6.33 Å². The first-order chi connectivity index (χ1) is 11.3. The average molecular weight is 325 g/mol. The molecule has 8 heteroatoms. The van der Waals surface area contributed by atoms with Crippen LogP contribution in [-0.2, 0) is 14.2 Å². The summed E-state index contributed by atoms with van der Waals surface area (Å²) in [5.41, 5.74) is 6.80. The topological polar surface area (TPSA) is 94.8 Å². The lowest BCUT2D eigenvalue weighted by molar-refractivity contribution is 0.120. The van der Waals surface area contributed by atoms with E-state index in [1.807, 2.05) is 4.90 Å². The van der Waals surface area contributed by atoms with Crippen LogP contribution in [0.5, 0.6) is 0 Å². The van der Waals surface area contributed by atoms with Gasteiger partial charge in [-0.3, -0.25) is 0 Å².